The molecule has 0 saturated carbocycles. The molecule has 1 saturated heterocycles. The number of fused-ring (bicyclic) bond motifs is 1. The van der Waals surface area contributed by atoms with Crippen molar-refractivity contribution < 1.29 is 42.3 Å². The molecule has 4 N–H and O–H groups in total. The zero-order valence-electron chi connectivity index (χ0n) is 17.8. The van der Waals surface area contributed by atoms with Crippen LogP contribution in [0, 0.1) is 0 Å². The van der Waals surface area contributed by atoms with Crippen LogP contribution in [-0.2, 0) is 32.3 Å². The van der Waals surface area contributed by atoms with Crippen LogP contribution in [0.4, 0.5) is 5.82 Å². The van der Waals surface area contributed by atoms with E-state index in [4.69, 9.17) is 33.5 Å². The third kappa shape index (κ3) is 6.19. The Morgan fingerprint density at radius 1 is 1.42 bits per heavy atom. The number of aliphatic hydroxyl groups is 1. The highest BCUT2D eigenvalue weighted by atomic mass is 32.1. The third-order valence-corrected chi connectivity index (χ3v) is 6.60. The van der Waals surface area contributed by atoms with Gasteiger partial charge < -0.3 is 34.5 Å². The first-order valence-electron chi connectivity index (χ1n) is 9.71. The molecule has 33 heavy (non-hydrogen) atoms. The fourth-order valence-electron chi connectivity index (χ4n) is 3.32. The summed E-state index contributed by atoms with van der Waals surface area (Å²) >= 11 is 3.93. The summed E-state index contributed by atoms with van der Waals surface area (Å²) < 4.78 is 45.7. The normalized spacial score (nSPS) is 27.0. The number of phosphoric ester groups is 1. The van der Waals surface area contributed by atoms with Crippen molar-refractivity contribution in [1.82, 2.24) is 19.5 Å². The highest BCUT2D eigenvalue weighted by Gasteiger charge is 2.47. The van der Waals surface area contributed by atoms with E-state index >= 15 is 0 Å². The van der Waals surface area contributed by atoms with Crippen molar-refractivity contribution in [1.29, 1.82) is 0 Å². The first kappa shape index (κ1) is 26.6. The second-order valence-electron chi connectivity index (χ2n) is 7.09. The minimum Gasteiger partial charge on any atom is -0.387 e. The molecule has 14 nitrogen and oxygen atoms in total. The van der Waals surface area contributed by atoms with Gasteiger partial charge in [-0.1, -0.05) is 0 Å². The highest BCUT2D eigenvalue weighted by Crippen LogP contribution is 2.46. The van der Waals surface area contributed by atoms with Gasteiger partial charge in [-0.3, -0.25) is 13.6 Å². The average Bonchev–Trinajstić information content (AvgIpc) is 3.34. The van der Waals surface area contributed by atoms with Gasteiger partial charge in [-0.15, -0.1) is 0 Å². The molecule has 0 radical (unpaired) electrons. The molecular weight excluding hydrogens is 500 g/mol. The van der Waals surface area contributed by atoms with Crippen LogP contribution in [0.5, 0.6) is 0 Å². The van der Waals surface area contributed by atoms with E-state index in [1.54, 1.807) is 0 Å². The number of nitrogens with zero attached hydrogens (tertiary/aromatic N) is 4. The molecule has 0 aromatic carbocycles. The molecule has 1 aliphatic rings. The lowest BCUT2D eigenvalue weighted by Crippen LogP contribution is -2.35. The number of methoxy groups -OCH3 is 1. The Bertz CT molecular complexity index is 972. The Balaban J connectivity index is 1.66. The Morgan fingerprint density at radius 2 is 2.18 bits per heavy atom. The van der Waals surface area contributed by atoms with E-state index in [9.17, 15) is 14.6 Å². The summed E-state index contributed by atoms with van der Waals surface area (Å²) in [6.07, 6.45) is -2.76. The van der Waals surface area contributed by atoms with Crippen molar-refractivity contribution >= 4 is 46.9 Å². The fourth-order valence-corrected chi connectivity index (χ4v) is 4.68. The third-order valence-electron chi connectivity index (χ3n) is 5.03. The van der Waals surface area contributed by atoms with Crippen LogP contribution in [0.15, 0.2) is 12.7 Å². The maximum atomic E-state index is 12.4. The molecule has 3 rings (SSSR count). The molecule has 0 bridgehead atoms. The standard InChI is InChI=1S/C16H27N5O9P2S/c1-8(9(25-2)3-26-7-33)30-32(23,24)27-4-10-12(22)13(29-31)16(28-10)21-6-20-11-14(17)18-5-19-15(11)21/h5-6,8-10,12-13,16,22,33H,3-4,7,31H2,1-2H3,(H,23,24)(H2,17,18,19)/t8-,9?,10?,12?,13?,16?/m1/s1. The second kappa shape index (κ2) is 11.6. The van der Waals surface area contributed by atoms with E-state index in [0.717, 1.165) is 0 Å². The van der Waals surface area contributed by atoms with Crippen LogP contribution in [0.3, 0.4) is 0 Å². The van der Waals surface area contributed by atoms with E-state index in [-0.39, 0.29) is 18.4 Å². The number of aromatic nitrogens is 4. The summed E-state index contributed by atoms with van der Waals surface area (Å²) in [7, 11) is -1.05. The minimum absolute atomic E-state index is 0.105. The number of thiol groups is 1. The van der Waals surface area contributed by atoms with E-state index < -0.39 is 51.2 Å². The molecular formula is C16H27N5O9P2S. The lowest BCUT2D eigenvalue weighted by Gasteiger charge is -2.25. The molecule has 7 unspecified atom stereocenters. The van der Waals surface area contributed by atoms with Gasteiger partial charge in [0, 0.05) is 16.6 Å². The average molecular weight is 527 g/mol. The number of aliphatic hydroxyl groups excluding tert-OH is 1. The molecule has 17 heteroatoms. The lowest BCUT2D eigenvalue weighted by atomic mass is 10.1. The van der Waals surface area contributed by atoms with Crippen LogP contribution in [0.1, 0.15) is 13.2 Å². The smallest absolute Gasteiger partial charge is 0.387 e. The zero-order valence-corrected chi connectivity index (χ0v) is 20.8. The van der Waals surface area contributed by atoms with E-state index in [1.165, 1.54) is 31.3 Å². The molecule has 0 aliphatic carbocycles. The predicted molar refractivity (Wildman–Crippen MR) is 121 cm³/mol. The van der Waals surface area contributed by atoms with Crippen molar-refractivity contribution in [3.8, 4) is 0 Å². The van der Waals surface area contributed by atoms with Crippen LogP contribution in [-0.4, -0.2) is 86.3 Å². The van der Waals surface area contributed by atoms with Gasteiger partial charge in [-0.05, 0) is 6.92 Å². The van der Waals surface area contributed by atoms with Crippen LogP contribution in [0.25, 0.3) is 11.2 Å². The molecule has 1 fully saturated rings. The number of rotatable bonds is 12. The molecule has 2 aromatic rings. The van der Waals surface area contributed by atoms with Crippen molar-refractivity contribution in [2.75, 3.05) is 32.0 Å². The number of nitrogen functional groups attached to an aromatic ring is 1. The monoisotopic (exact) mass is 527 g/mol. The topological polar surface area (TPSA) is 183 Å². The molecule has 1 aliphatic heterocycles. The maximum Gasteiger partial charge on any atom is 0.472 e. The summed E-state index contributed by atoms with van der Waals surface area (Å²) in [5, 5.41) is 10.7. The van der Waals surface area contributed by atoms with Gasteiger partial charge in [0.15, 0.2) is 17.7 Å². The van der Waals surface area contributed by atoms with Crippen LogP contribution >= 0.6 is 29.9 Å². The van der Waals surface area contributed by atoms with E-state index in [1.807, 2.05) is 0 Å². The predicted octanol–water partition coefficient (Wildman–Crippen LogP) is 0.283. The van der Waals surface area contributed by atoms with Gasteiger partial charge in [0.1, 0.15) is 36.3 Å². The lowest BCUT2D eigenvalue weighted by molar-refractivity contribution is -0.0624. The Morgan fingerprint density at radius 3 is 2.85 bits per heavy atom. The maximum absolute atomic E-state index is 12.4. The number of phosphoric acid groups is 1. The number of ether oxygens (including phenoxy) is 3. The summed E-state index contributed by atoms with van der Waals surface area (Å²) in [5.41, 5.74) is 6.54. The van der Waals surface area contributed by atoms with E-state index in [2.05, 4.69) is 37.0 Å². The summed E-state index contributed by atoms with van der Waals surface area (Å²) in [4.78, 5) is 22.3. The highest BCUT2D eigenvalue weighted by molar-refractivity contribution is 7.80. The van der Waals surface area contributed by atoms with Crippen LogP contribution < -0.4 is 5.73 Å². The molecule has 0 spiro atoms. The number of hydrogen-bond donors (Lipinski definition) is 4. The van der Waals surface area contributed by atoms with E-state index in [0.29, 0.717) is 11.2 Å². The van der Waals surface area contributed by atoms with Gasteiger partial charge >= 0.3 is 7.82 Å². The van der Waals surface area contributed by atoms with Crippen molar-refractivity contribution in [3.05, 3.63) is 12.7 Å². The quantitative estimate of drug-likeness (QED) is 0.168. The minimum atomic E-state index is -4.53. The van der Waals surface area contributed by atoms with Gasteiger partial charge in [-0.25, -0.2) is 19.5 Å². The zero-order chi connectivity index (χ0) is 24.2. The molecule has 186 valence electrons. The van der Waals surface area contributed by atoms with Crippen LogP contribution in [0.2, 0.25) is 0 Å². The number of nitrogens with two attached hydrogens (primary N) is 1. The number of anilines is 1. The summed E-state index contributed by atoms with van der Waals surface area (Å²) in [5.74, 6) is 0.337. The van der Waals surface area contributed by atoms with Gasteiger partial charge in [0.05, 0.1) is 31.6 Å². The molecule has 3 heterocycles. The van der Waals surface area contributed by atoms with Crippen molar-refractivity contribution in [2.24, 2.45) is 0 Å². The van der Waals surface area contributed by atoms with Gasteiger partial charge in [0.2, 0.25) is 0 Å². The Kier molecular flexibility index (Phi) is 9.40. The van der Waals surface area contributed by atoms with Crippen molar-refractivity contribution in [2.45, 2.75) is 43.7 Å². The first-order valence-corrected chi connectivity index (χ1v) is 12.3. The molecule has 8 atom stereocenters. The van der Waals surface area contributed by atoms with Crippen molar-refractivity contribution in [3.63, 3.8) is 0 Å². The Hall–Kier alpha value is -0.960. The largest absolute Gasteiger partial charge is 0.472 e. The summed E-state index contributed by atoms with van der Waals surface area (Å²) in [6.45, 7) is 1.18. The van der Waals surface area contributed by atoms with Gasteiger partial charge in [0.25, 0.3) is 0 Å². The molecule has 2 aromatic heterocycles. The Labute approximate surface area is 197 Å². The summed E-state index contributed by atoms with van der Waals surface area (Å²) in [6, 6.07) is 0. The second-order valence-corrected chi connectivity index (χ2v) is 9.02. The fraction of sp³-hybridized carbons (Fsp3) is 0.688. The SMILES string of the molecule is COC(COCS)[C@@H](C)OP(=O)(O)OCC1OC(n2cnc3c(N)ncnc32)C(OP)C1O. The number of imidazole rings is 1. The molecule has 0 amide bonds. The number of hydrogen-bond acceptors (Lipinski definition) is 13. The van der Waals surface area contributed by atoms with Gasteiger partial charge in [-0.2, -0.15) is 12.6 Å². The first-order chi connectivity index (χ1) is 15.7.